The Kier molecular flexibility index (Phi) is 5.35. The molecule has 0 N–H and O–H groups in total. The van der Waals surface area contributed by atoms with Crippen molar-refractivity contribution in [3.8, 4) is 0 Å². The van der Waals surface area contributed by atoms with E-state index in [0.717, 1.165) is 25.1 Å². The Bertz CT molecular complexity index is 747. The van der Waals surface area contributed by atoms with Gasteiger partial charge >= 0.3 is 0 Å². The number of Topliss-reactive ketones (excluding diaryl/α,β-unsaturated/α-hetero) is 1. The number of hydrogen-bond acceptors (Lipinski definition) is 2. The lowest BCUT2D eigenvalue weighted by Gasteiger charge is -2.23. The molecule has 1 fully saturated rings. The zero-order valence-electron chi connectivity index (χ0n) is 15.4. The Morgan fingerprint density at radius 1 is 0.960 bits per heavy atom. The van der Waals surface area contributed by atoms with Crippen LogP contribution in [-0.2, 0) is 17.8 Å². The van der Waals surface area contributed by atoms with Gasteiger partial charge in [0.05, 0.1) is 14.1 Å². The van der Waals surface area contributed by atoms with Crippen LogP contribution in [0.3, 0.4) is 0 Å². The van der Waals surface area contributed by atoms with Crippen LogP contribution in [0, 0.1) is 0 Å². The summed E-state index contributed by atoms with van der Waals surface area (Å²) in [5.41, 5.74) is 5.81. The Hall–Kier alpha value is -1.97. The molecule has 3 heteroatoms. The van der Waals surface area contributed by atoms with E-state index in [9.17, 15) is 4.79 Å². The second-order valence-electron chi connectivity index (χ2n) is 8.00. The lowest BCUT2D eigenvalue weighted by atomic mass is 10.0. The van der Waals surface area contributed by atoms with Gasteiger partial charge in [-0.3, -0.25) is 9.69 Å². The van der Waals surface area contributed by atoms with Gasteiger partial charge in [0.15, 0.2) is 5.78 Å². The molecule has 1 saturated heterocycles. The van der Waals surface area contributed by atoms with E-state index in [4.69, 9.17) is 0 Å². The number of hydrogen-bond donors (Lipinski definition) is 0. The molecule has 25 heavy (non-hydrogen) atoms. The number of likely N-dealkylation sites (tertiary alicyclic amines) is 1. The molecule has 1 heterocycles. The number of ketones is 1. The summed E-state index contributed by atoms with van der Waals surface area (Å²) in [6, 6.07) is 20.8. The van der Waals surface area contributed by atoms with Crippen molar-refractivity contribution in [2.45, 2.75) is 38.6 Å². The summed E-state index contributed by atoms with van der Waals surface area (Å²) in [6.07, 6.45) is 0.787. The second kappa shape index (κ2) is 7.50. The third kappa shape index (κ3) is 4.77. The van der Waals surface area contributed by atoms with Gasteiger partial charge in [0.25, 0.3) is 0 Å². The van der Waals surface area contributed by atoms with Crippen LogP contribution in [0.5, 0.6) is 0 Å². The SMILES string of the molecule is C[Si](C)(C)/C=C1\CN(Cc2ccccc2)[C@@H](Cc2ccccc2)C1=O. The summed E-state index contributed by atoms with van der Waals surface area (Å²) in [4.78, 5) is 15.4. The van der Waals surface area contributed by atoms with E-state index in [1.165, 1.54) is 11.1 Å². The van der Waals surface area contributed by atoms with Gasteiger partial charge < -0.3 is 0 Å². The highest BCUT2D eigenvalue weighted by Gasteiger charge is 2.36. The van der Waals surface area contributed by atoms with Crippen LogP contribution < -0.4 is 0 Å². The Morgan fingerprint density at radius 2 is 1.52 bits per heavy atom. The molecule has 0 radical (unpaired) electrons. The van der Waals surface area contributed by atoms with Crippen LogP contribution in [0.1, 0.15) is 11.1 Å². The highest BCUT2D eigenvalue weighted by Crippen LogP contribution is 2.26. The maximum atomic E-state index is 13.1. The van der Waals surface area contributed by atoms with Crippen molar-refractivity contribution in [1.82, 2.24) is 4.90 Å². The zero-order valence-corrected chi connectivity index (χ0v) is 16.4. The maximum absolute atomic E-state index is 13.1. The lowest BCUT2D eigenvalue weighted by molar-refractivity contribution is -0.117. The monoisotopic (exact) mass is 349 g/mol. The van der Waals surface area contributed by atoms with Crippen molar-refractivity contribution in [2.75, 3.05) is 6.54 Å². The predicted octanol–water partition coefficient (Wildman–Crippen LogP) is 4.49. The third-order valence-electron chi connectivity index (χ3n) is 4.54. The first-order valence-electron chi connectivity index (χ1n) is 9.00. The molecular weight excluding hydrogens is 322 g/mol. The first kappa shape index (κ1) is 17.8. The van der Waals surface area contributed by atoms with Gasteiger partial charge in [0, 0.05) is 18.7 Å². The van der Waals surface area contributed by atoms with Crippen LogP contribution in [0.25, 0.3) is 0 Å². The third-order valence-corrected chi connectivity index (χ3v) is 5.76. The fraction of sp³-hybridized carbons (Fsp3) is 0.318. The van der Waals surface area contributed by atoms with Crippen LogP contribution in [0.2, 0.25) is 19.6 Å². The van der Waals surface area contributed by atoms with Gasteiger partial charge in [-0.2, -0.15) is 0 Å². The quantitative estimate of drug-likeness (QED) is 0.586. The smallest absolute Gasteiger partial charge is 0.176 e. The first-order chi connectivity index (χ1) is 11.9. The average Bonchev–Trinajstić information content (AvgIpc) is 2.84. The zero-order chi connectivity index (χ0) is 17.9. The van der Waals surface area contributed by atoms with Gasteiger partial charge in [-0.05, 0) is 17.5 Å². The molecule has 3 rings (SSSR count). The first-order valence-corrected chi connectivity index (χ1v) is 12.6. The Balaban J connectivity index is 1.86. The molecule has 1 aliphatic heterocycles. The lowest BCUT2D eigenvalue weighted by Crippen LogP contribution is -2.34. The molecule has 130 valence electrons. The minimum absolute atomic E-state index is 0.0507. The molecule has 1 atom stereocenters. The van der Waals surface area contributed by atoms with Gasteiger partial charge in [-0.1, -0.05) is 86.0 Å². The van der Waals surface area contributed by atoms with E-state index in [0.29, 0.717) is 5.78 Å². The minimum atomic E-state index is -1.42. The summed E-state index contributed by atoms with van der Waals surface area (Å²) < 4.78 is 0. The fourth-order valence-corrected chi connectivity index (χ4v) is 4.75. The van der Waals surface area contributed by atoms with Gasteiger partial charge in [-0.15, -0.1) is 0 Å². The van der Waals surface area contributed by atoms with E-state index in [1.54, 1.807) is 0 Å². The largest absolute Gasteiger partial charge is 0.293 e. The molecule has 0 aliphatic carbocycles. The molecule has 0 aromatic heterocycles. The van der Waals surface area contributed by atoms with Gasteiger partial charge in [0.2, 0.25) is 0 Å². The molecule has 0 bridgehead atoms. The summed E-state index contributed by atoms with van der Waals surface area (Å²) >= 11 is 0. The molecule has 0 saturated carbocycles. The molecule has 2 nitrogen and oxygen atoms in total. The highest BCUT2D eigenvalue weighted by atomic mass is 28.3. The van der Waals surface area contributed by atoms with Crippen molar-refractivity contribution in [3.63, 3.8) is 0 Å². The molecule has 2 aromatic carbocycles. The van der Waals surface area contributed by atoms with Crippen molar-refractivity contribution in [1.29, 1.82) is 0 Å². The van der Waals surface area contributed by atoms with Crippen molar-refractivity contribution in [2.24, 2.45) is 0 Å². The summed E-state index contributed by atoms with van der Waals surface area (Å²) in [5.74, 6) is 0.321. The summed E-state index contributed by atoms with van der Waals surface area (Å²) in [6.45, 7) is 8.47. The molecule has 0 spiro atoms. The second-order valence-corrected chi connectivity index (χ2v) is 13.0. The molecule has 1 aliphatic rings. The van der Waals surface area contributed by atoms with E-state index in [1.807, 2.05) is 12.1 Å². The summed E-state index contributed by atoms with van der Waals surface area (Å²) in [5, 5.41) is 0. The topological polar surface area (TPSA) is 20.3 Å². The molecule has 2 aromatic rings. The number of carbonyl (C=O) groups excluding carboxylic acids is 1. The maximum Gasteiger partial charge on any atom is 0.176 e. The highest BCUT2D eigenvalue weighted by molar-refractivity contribution is 6.81. The van der Waals surface area contributed by atoms with Crippen LogP contribution >= 0.6 is 0 Å². The van der Waals surface area contributed by atoms with Crippen molar-refractivity contribution in [3.05, 3.63) is 83.1 Å². The molecule has 0 unspecified atom stereocenters. The predicted molar refractivity (Wildman–Crippen MR) is 107 cm³/mol. The average molecular weight is 350 g/mol. The van der Waals surface area contributed by atoms with Crippen LogP contribution in [0.4, 0.5) is 0 Å². The van der Waals surface area contributed by atoms with E-state index in [-0.39, 0.29) is 6.04 Å². The normalized spacial score (nSPS) is 20.4. The Labute approximate surface area is 152 Å². The molecular formula is C22H27NOSi. The number of carbonyl (C=O) groups is 1. The molecule has 0 amide bonds. The van der Waals surface area contributed by atoms with E-state index in [2.05, 4.69) is 78.8 Å². The van der Waals surface area contributed by atoms with Gasteiger partial charge in [0.1, 0.15) is 0 Å². The number of nitrogens with zero attached hydrogens (tertiary/aromatic N) is 1. The standard InChI is InChI=1S/C22H27NOSi/c1-25(2,3)17-20-16-23(15-19-12-8-5-9-13-19)21(22(20)24)14-18-10-6-4-7-11-18/h4-13,17,21H,14-16H2,1-3H3/b20-17+/t21-/m0/s1. The van der Waals surface area contributed by atoms with E-state index < -0.39 is 8.07 Å². The van der Waals surface area contributed by atoms with Crippen LogP contribution in [0.15, 0.2) is 71.9 Å². The minimum Gasteiger partial charge on any atom is -0.293 e. The number of benzene rings is 2. The van der Waals surface area contributed by atoms with Crippen LogP contribution in [-0.4, -0.2) is 31.3 Å². The van der Waals surface area contributed by atoms with E-state index >= 15 is 0 Å². The van der Waals surface area contributed by atoms with Crippen molar-refractivity contribution < 1.29 is 4.79 Å². The Morgan fingerprint density at radius 3 is 2.08 bits per heavy atom. The summed E-state index contributed by atoms with van der Waals surface area (Å²) in [7, 11) is -1.42. The van der Waals surface area contributed by atoms with Crippen molar-refractivity contribution >= 4 is 13.9 Å². The number of rotatable bonds is 5. The van der Waals surface area contributed by atoms with Gasteiger partial charge in [-0.25, -0.2) is 0 Å². The fourth-order valence-electron chi connectivity index (χ4n) is 3.47.